The number of aryl methyl sites for hydroxylation is 1. The summed E-state index contributed by atoms with van der Waals surface area (Å²) in [6.45, 7) is 9.04. The minimum Gasteiger partial charge on any atom is -0.497 e. The first-order valence-electron chi connectivity index (χ1n) is 8.01. The SMILES string of the molecule is CCNCC1CCC(C)CC1c1ccc(OC)cc1C. The molecule has 0 saturated heterocycles. The maximum atomic E-state index is 5.34. The van der Waals surface area contributed by atoms with Crippen molar-refractivity contribution >= 4 is 0 Å². The van der Waals surface area contributed by atoms with Crippen LogP contribution in [0.2, 0.25) is 0 Å². The van der Waals surface area contributed by atoms with Crippen molar-refractivity contribution in [2.75, 3.05) is 20.2 Å². The third-order valence-electron chi connectivity index (χ3n) is 4.79. The van der Waals surface area contributed by atoms with Crippen molar-refractivity contribution in [3.8, 4) is 5.75 Å². The van der Waals surface area contributed by atoms with Gasteiger partial charge in [-0.3, -0.25) is 0 Å². The summed E-state index contributed by atoms with van der Waals surface area (Å²) in [5, 5.41) is 3.55. The average molecular weight is 275 g/mol. The maximum absolute atomic E-state index is 5.34. The third-order valence-corrected chi connectivity index (χ3v) is 4.79. The fourth-order valence-corrected chi connectivity index (χ4v) is 3.59. The number of rotatable bonds is 5. The fraction of sp³-hybridized carbons (Fsp3) is 0.667. The molecule has 1 aliphatic rings. The van der Waals surface area contributed by atoms with E-state index in [0.29, 0.717) is 5.92 Å². The smallest absolute Gasteiger partial charge is 0.119 e. The fourth-order valence-electron chi connectivity index (χ4n) is 3.59. The van der Waals surface area contributed by atoms with Crippen molar-refractivity contribution in [3.63, 3.8) is 0 Å². The number of ether oxygens (including phenoxy) is 1. The highest BCUT2D eigenvalue weighted by molar-refractivity contribution is 5.37. The molecular weight excluding hydrogens is 246 g/mol. The lowest BCUT2D eigenvalue weighted by atomic mass is 9.70. The maximum Gasteiger partial charge on any atom is 0.119 e. The molecule has 3 atom stereocenters. The molecular formula is C18H29NO. The molecule has 0 aliphatic heterocycles. The van der Waals surface area contributed by atoms with Gasteiger partial charge in [-0.05, 0) is 73.9 Å². The van der Waals surface area contributed by atoms with Gasteiger partial charge in [-0.2, -0.15) is 0 Å². The highest BCUT2D eigenvalue weighted by Gasteiger charge is 2.30. The van der Waals surface area contributed by atoms with E-state index in [4.69, 9.17) is 4.74 Å². The Bertz CT molecular complexity index is 427. The van der Waals surface area contributed by atoms with E-state index < -0.39 is 0 Å². The minimum absolute atomic E-state index is 0.698. The lowest BCUT2D eigenvalue weighted by Crippen LogP contribution is -2.31. The molecule has 1 N–H and O–H groups in total. The number of hydrogen-bond acceptors (Lipinski definition) is 2. The molecule has 1 saturated carbocycles. The first-order valence-corrected chi connectivity index (χ1v) is 8.01. The van der Waals surface area contributed by atoms with Gasteiger partial charge in [0.1, 0.15) is 5.75 Å². The zero-order valence-corrected chi connectivity index (χ0v) is 13.4. The molecule has 20 heavy (non-hydrogen) atoms. The van der Waals surface area contributed by atoms with Crippen molar-refractivity contribution in [2.45, 2.75) is 46.0 Å². The Morgan fingerprint density at radius 3 is 2.75 bits per heavy atom. The third kappa shape index (κ3) is 3.54. The summed E-state index contributed by atoms with van der Waals surface area (Å²) in [7, 11) is 1.74. The van der Waals surface area contributed by atoms with Crippen molar-refractivity contribution in [1.29, 1.82) is 0 Å². The Labute approximate surface area is 123 Å². The van der Waals surface area contributed by atoms with E-state index in [-0.39, 0.29) is 0 Å². The number of hydrogen-bond donors (Lipinski definition) is 1. The van der Waals surface area contributed by atoms with Crippen molar-refractivity contribution in [2.24, 2.45) is 11.8 Å². The number of benzene rings is 1. The summed E-state index contributed by atoms with van der Waals surface area (Å²) in [4.78, 5) is 0. The Morgan fingerprint density at radius 1 is 1.30 bits per heavy atom. The monoisotopic (exact) mass is 275 g/mol. The highest BCUT2D eigenvalue weighted by Crippen LogP contribution is 2.41. The van der Waals surface area contributed by atoms with Crippen LogP contribution in [0.3, 0.4) is 0 Å². The van der Waals surface area contributed by atoms with Gasteiger partial charge in [-0.15, -0.1) is 0 Å². The van der Waals surface area contributed by atoms with E-state index in [0.717, 1.165) is 30.7 Å². The summed E-state index contributed by atoms with van der Waals surface area (Å²) in [6, 6.07) is 6.58. The van der Waals surface area contributed by atoms with Crippen LogP contribution in [0.15, 0.2) is 18.2 Å². The van der Waals surface area contributed by atoms with E-state index in [9.17, 15) is 0 Å². The van der Waals surface area contributed by atoms with Crippen LogP contribution < -0.4 is 10.1 Å². The zero-order chi connectivity index (χ0) is 14.5. The van der Waals surface area contributed by atoms with Crippen LogP contribution in [0.4, 0.5) is 0 Å². The molecule has 0 radical (unpaired) electrons. The number of nitrogens with one attached hydrogen (secondary N) is 1. The normalized spacial score (nSPS) is 26.5. The van der Waals surface area contributed by atoms with E-state index in [1.165, 1.54) is 30.4 Å². The molecule has 0 bridgehead atoms. The standard InChI is InChI=1S/C18H29NO/c1-5-19-12-15-7-6-13(2)10-18(15)17-9-8-16(20-4)11-14(17)3/h8-9,11,13,15,18-19H,5-7,10,12H2,1-4H3. The van der Waals surface area contributed by atoms with Gasteiger partial charge in [0, 0.05) is 0 Å². The van der Waals surface area contributed by atoms with Gasteiger partial charge in [0.25, 0.3) is 0 Å². The molecule has 112 valence electrons. The molecule has 1 aromatic rings. The predicted molar refractivity (Wildman–Crippen MR) is 85.5 cm³/mol. The summed E-state index contributed by atoms with van der Waals surface area (Å²) in [5.74, 6) is 3.29. The lowest BCUT2D eigenvalue weighted by molar-refractivity contribution is 0.242. The van der Waals surface area contributed by atoms with Gasteiger partial charge in [0.2, 0.25) is 0 Å². The summed E-state index contributed by atoms with van der Waals surface area (Å²) >= 11 is 0. The van der Waals surface area contributed by atoms with Crippen molar-refractivity contribution in [3.05, 3.63) is 29.3 Å². The molecule has 0 aromatic heterocycles. The molecule has 1 aromatic carbocycles. The van der Waals surface area contributed by atoms with Gasteiger partial charge < -0.3 is 10.1 Å². The molecule has 0 heterocycles. The number of methoxy groups -OCH3 is 1. The van der Waals surface area contributed by atoms with Crippen LogP contribution in [0.5, 0.6) is 5.75 Å². The molecule has 1 fully saturated rings. The Hall–Kier alpha value is -1.02. The summed E-state index contributed by atoms with van der Waals surface area (Å²) < 4.78 is 5.34. The van der Waals surface area contributed by atoms with E-state index >= 15 is 0 Å². The Kier molecular flexibility index (Phi) is 5.47. The van der Waals surface area contributed by atoms with Gasteiger partial charge in [0.05, 0.1) is 7.11 Å². The van der Waals surface area contributed by atoms with Crippen LogP contribution >= 0.6 is 0 Å². The molecule has 0 spiro atoms. The van der Waals surface area contributed by atoms with E-state index in [2.05, 4.69) is 44.3 Å². The Morgan fingerprint density at radius 2 is 2.10 bits per heavy atom. The van der Waals surface area contributed by atoms with Crippen LogP contribution in [0.1, 0.15) is 50.2 Å². The van der Waals surface area contributed by atoms with Gasteiger partial charge >= 0.3 is 0 Å². The second-order valence-corrected chi connectivity index (χ2v) is 6.31. The molecule has 2 rings (SSSR count). The minimum atomic E-state index is 0.698. The molecule has 0 amide bonds. The summed E-state index contributed by atoms with van der Waals surface area (Å²) in [6.07, 6.45) is 4.05. The largest absolute Gasteiger partial charge is 0.497 e. The lowest BCUT2D eigenvalue weighted by Gasteiger charge is -2.36. The second kappa shape index (κ2) is 7.12. The van der Waals surface area contributed by atoms with Crippen LogP contribution in [-0.4, -0.2) is 20.2 Å². The Balaban J connectivity index is 2.21. The van der Waals surface area contributed by atoms with Crippen molar-refractivity contribution in [1.82, 2.24) is 5.32 Å². The molecule has 2 nitrogen and oxygen atoms in total. The van der Waals surface area contributed by atoms with Crippen molar-refractivity contribution < 1.29 is 4.74 Å². The van der Waals surface area contributed by atoms with E-state index in [1.807, 2.05) is 0 Å². The summed E-state index contributed by atoms with van der Waals surface area (Å²) in [5.41, 5.74) is 2.91. The average Bonchev–Trinajstić information content (AvgIpc) is 2.46. The van der Waals surface area contributed by atoms with Crippen LogP contribution in [-0.2, 0) is 0 Å². The molecule has 2 heteroatoms. The second-order valence-electron chi connectivity index (χ2n) is 6.31. The highest BCUT2D eigenvalue weighted by atomic mass is 16.5. The first-order chi connectivity index (χ1) is 9.65. The molecule has 1 aliphatic carbocycles. The zero-order valence-electron chi connectivity index (χ0n) is 13.4. The van der Waals surface area contributed by atoms with Gasteiger partial charge in [0.15, 0.2) is 0 Å². The van der Waals surface area contributed by atoms with Crippen LogP contribution in [0.25, 0.3) is 0 Å². The van der Waals surface area contributed by atoms with Gasteiger partial charge in [-0.1, -0.05) is 26.3 Å². The topological polar surface area (TPSA) is 21.3 Å². The van der Waals surface area contributed by atoms with Crippen LogP contribution in [0, 0.1) is 18.8 Å². The van der Waals surface area contributed by atoms with Gasteiger partial charge in [-0.25, -0.2) is 0 Å². The quantitative estimate of drug-likeness (QED) is 0.872. The van der Waals surface area contributed by atoms with E-state index in [1.54, 1.807) is 7.11 Å². The molecule has 3 unspecified atom stereocenters. The first kappa shape index (κ1) is 15.4. The predicted octanol–water partition coefficient (Wildman–Crippen LogP) is 4.13.